The van der Waals surface area contributed by atoms with Crippen molar-refractivity contribution >= 4 is 18.0 Å². The van der Waals surface area contributed by atoms with E-state index in [2.05, 4.69) is 5.32 Å². The summed E-state index contributed by atoms with van der Waals surface area (Å²) in [5, 5.41) is 2.71. The van der Waals surface area contributed by atoms with Crippen molar-refractivity contribution in [2.75, 3.05) is 13.1 Å². The fourth-order valence-corrected chi connectivity index (χ4v) is 2.92. The van der Waals surface area contributed by atoms with Gasteiger partial charge in [-0.15, -0.1) is 0 Å². The van der Waals surface area contributed by atoms with Gasteiger partial charge in [-0.25, -0.2) is 9.59 Å². The van der Waals surface area contributed by atoms with E-state index in [1.54, 1.807) is 32.6 Å². The number of piperidine rings is 1. The molecular weight excluding hydrogens is 360 g/mol. The number of benzene rings is 1. The van der Waals surface area contributed by atoms with Crippen LogP contribution in [0.4, 0.5) is 4.79 Å². The van der Waals surface area contributed by atoms with Crippen molar-refractivity contribution in [2.24, 2.45) is 5.92 Å². The number of esters is 1. The Labute approximate surface area is 166 Å². The molecule has 7 nitrogen and oxygen atoms in total. The first kappa shape index (κ1) is 21.7. The van der Waals surface area contributed by atoms with E-state index in [1.165, 1.54) is 0 Å². The molecule has 0 spiro atoms. The third-order valence-corrected chi connectivity index (χ3v) is 4.45. The van der Waals surface area contributed by atoms with Crippen molar-refractivity contribution in [2.45, 2.75) is 58.8 Å². The summed E-state index contributed by atoms with van der Waals surface area (Å²) >= 11 is 0. The minimum Gasteiger partial charge on any atom is -0.458 e. The van der Waals surface area contributed by atoms with Gasteiger partial charge in [0, 0.05) is 19.0 Å². The molecule has 0 radical (unpaired) electrons. The molecule has 154 valence electrons. The predicted molar refractivity (Wildman–Crippen MR) is 104 cm³/mol. The molecule has 1 atom stereocenters. The molecule has 28 heavy (non-hydrogen) atoms. The molecule has 1 saturated heterocycles. The lowest BCUT2D eigenvalue weighted by molar-refractivity contribution is -0.158. The van der Waals surface area contributed by atoms with E-state index in [0.29, 0.717) is 25.9 Å². The van der Waals surface area contributed by atoms with Crippen LogP contribution < -0.4 is 5.32 Å². The molecule has 1 heterocycles. The van der Waals surface area contributed by atoms with E-state index < -0.39 is 17.6 Å². The Morgan fingerprint density at radius 3 is 2.32 bits per heavy atom. The minimum atomic E-state index is -0.708. The van der Waals surface area contributed by atoms with Crippen molar-refractivity contribution in [3.05, 3.63) is 35.9 Å². The molecule has 2 rings (SSSR count). The average molecular weight is 390 g/mol. The van der Waals surface area contributed by atoms with Crippen LogP contribution in [-0.2, 0) is 25.7 Å². The molecular formula is C21H30N2O5. The maximum atomic E-state index is 12.4. The van der Waals surface area contributed by atoms with Crippen molar-refractivity contribution in [1.29, 1.82) is 0 Å². The van der Waals surface area contributed by atoms with E-state index in [9.17, 15) is 14.4 Å². The quantitative estimate of drug-likeness (QED) is 0.782. The monoisotopic (exact) mass is 390 g/mol. The number of nitrogens with zero attached hydrogens (tertiary/aromatic N) is 1. The normalized spacial score (nSPS) is 16.2. The molecule has 1 aliphatic rings. The number of carbonyl (C=O) groups is 3. The highest BCUT2D eigenvalue weighted by atomic mass is 16.6. The number of nitrogens with one attached hydrogen (secondary N) is 1. The summed E-state index contributed by atoms with van der Waals surface area (Å²) in [5.74, 6) is -0.874. The second-order valence-corrected chi connectivity index (χ2v) is 8.07. The summed E-state index contributed by atoms with van der Waals surface area (Å²) < 4.78 is 10.6. The predicted octanol–water partition coefficient (Wildman–Crippen LogP) is 2.88. The zero-order valence-electron chi connectivity index (χ0n) is 17.1. The molecule has 1 unspecified atom stereocenters. The highest BCUT2D eigenvalue weighted by Crippen LogP contribution is 2.19. The molecule has 0 aliphatic carbocycles. The Morgan fingerprint density at radius 1 is 1.14 bits per heavy atom. The maximum absolute atomic E-state index is 12.4. The summed E-state index contributed by atoms with van der Waals surface area (Å²) in [5.41, 5.74) is 0.336. The Hall–Kier alpha value is -2.57. The largest absolute Gasteiger partial charge is 0.458 e. The number of ether oxygens (including phenoxy) is 2. The highest BCUT2D eigenvalue weighted by Gasteiger charge is 2.30. The Kier molecular flexibility index (Phi) is 7.43. The molecule has 1 aromatic carbocycles. The first-order chi connectivity index (χ1) is 13.2. The van der Waals surface area contributed by atoms with Crippen LogP contribution in [0.2, 0.25) is 0 Å². The van der Waals surface area contributed by atoms with Gasteiger partial charge in [0.2, 0.25) is 5.91 Å². The van der Waals surface area contributed by atoms with E-state index in [1.807, 2.05) is 30.3 Å². The number of rotatable bonds is 5. The van der Waals surface area contributed by atoms with Gasteiger partial charge in [-0.1, -0.05) is 30.3 Å². The van der Waals surface area contributed by atoms with Gasteiger partial charge in [-0.2, -0.15) is 0 Å². The minimum absolute atomic E-state index is 0.185. The summed E-state index contributed by atoms with van der Waals surface area (Å²) in [4.78, 5) is 38.2. The highest BCUT2D eigenvalue weighted by molar-refractivity contribution is 5.85. The van der Waals surface area contributed by atoms with Crippen LogP contribution in [0.25, 0.3) is 0 Å². The Bertz CT molecular complexity index is 676. The summed E-state index contributed by atoms with van der Waals surface area (Å²) in [6.45, 7) is 8.10. The van der Waals surface area contributed by atoms with Gasteiger partial charge >= 0.3 is 12.1 Å². The lowest BCUT2D eigenvalue weighted by Gasteiger charge is -2.31. The number of carbonyl (C=O) groups excluding carboxylic acids is 3. The second kappa shape index (κ2) is 9.57. The first-order valence-corrected chi connectivity index (χ1v) is 9.64. The van der Waals surface area contributed by atoms with Crippen LogP contribution >= 0.6 is 0 Å². The molecule has 1 aliphatic heterocycles. The van der Waals surface area contributed by atoms with Crippen LogP contribution in [0.3, 0.4) is 0 Å². The number of amides is 2. The van der Waals surface area contributed by atoms with Gasteiger partial charge in [0.05, 0.1) is 0 Å². The molecule has 2 amide bonds. The van der Waals surface area contributed by atoms with Gasteiger partial charge in [0.25, 0.3) is 0 Å². The van der Waals surface area contributed by atoms with Crippen LogP contribution in [0.15, 0.2) is 30.3 Å². The Balaban J connectivity index is 1.74. The average Bonchev–Trinajstić information content (AvgIpc) is 2.65. The standard InChI is InChI=1S/C21H30N2O5/c1-15(19(25)28-21(2,3)4)22-18(24)17-10-12-23(13-11-17)20(26)27-14-16-8-6-5-7-9-16/h5-9,15,17H,10-14H2,1-4H3,(H,22,24). The lowest BCUT2D eigenvalue weighted by Crippen LogP contribution is -2.47. The van der Waals surface area contributed by atoms with Crippen molar-refractivity contribution < 1.29 is 23.9 Å². The van der Waals surface area contributed by atoms with Gasteiger partial charge < -0.3 is 19.7 Å². The number of hydrogen-bond donors (Lipinski definition) is 1. The van der Waals surface area contributed by atoms with Gasteiger partial charge in [-0.05, 0) is 46.1 Å². The number of hydrogen-bond acceptors (Lipinski definition) is 5. The molecule has 0 bridgehead atoms. The van der Waals surface area contributed by atoms with Crippen LogP contribution in [0.1, 0.15) is 46.1 Å². The molecule has 7 heteroatoms. The topological polar surface area (TPSA) is 84.9 Å². The van der Waals surface area contributed by atoms with Gasteiger partial charge in [0.1, 0.15) is 18.2 Å². The van der Waals surface area contributed by atoms with Crippen molar-refractivity contribution in [3.8, 4) is 0 Å². The van der Waals surface area contributed by atoms with Crippen LogP contribution in [0.5, 0.6) is 0 Å². The maximum Gasteiger partial charge on any atom is 0.410 e. The third kappa shape index (κ3) is 6.87. The van der Waals surface area contributed by atoms with Crippen molar-refractivity contribution in [3.63, 3.8) is 0 Å². The molecule has 1 fully saturated rings. The Morgan fingerprint density at radius 2 is 1.75 bits per heavy atom. The van der Waals surface area contributed by atoms with E-state index in [-0.39, 0.29) is 24.5 Å². The summed E-state index contributed by atoms with van der Waals surface area (Å²) in [6, 6.07) is 8.79. The molecule has 0 aromatic heterocycles. The molecule has 0 saturated carbocycles. The zero-order valence-corrected chi connectivity index (χ0v) is 17.1. The summed E-state index contributed by atoms with van der Waals surface area (Å²) in [7, 11) is 0. The summed E-state index contributed by atoms with van der Waals surface area (Å²) in [6.07, 6.45) is 0.700. The van der Waals surface area contributed by atoms with E-state index in [4.69, 9.17) is 9.47 Å². The first-order valence-electron chi connectivity index (χ1n) is 9.64. The van der Waals surface area contributed by atoms with E-state index in [0.717, 1.165) is 5.56 Å². The zero-order chi connectivity index (χ0) is 20.7. The SMILES string of the molecule is CC(NC(=O)C1CCN(C(=O)OCc2ccccc2)CC1)C(=O)OC(C)(C)C. The van der Waals surface area contributed by atoms with E-state index >= 15 is 0 Å². The fourth-order valence-electron chi connectivity index (χ4n) is 2.92. The van der Waals surface area contributed by atoms with Crippen LogP contribution in [-0.4, -0.2) is 47.6 Å². The third-order valence-electron chi connectivity index (χ3n) is 4.45. The van der Waals surface area contributed by atoms with Gasteiger partial charge in [-0.3, -0.25) is 4.79 Å². The lowest BCUT2D eigenvalue weighted by atomic mass is 9.96. The number of likely N-dealkylation sites (tertiary alicyclic amines) is 1. The fraction of sp³-hybridized carbons (Fsp3) is 0.571. The molecule has 1 N–H and O–H groups in total. The smallest absolute Gasteiger partial charge is 0.410 e. The van der Waals surface area contributed by atoms with Crippen molar-refractivity contribution in [1.82, 2.24) is 10.2 Å². The molecule has 1 aromatic rings. The van der Waals surface area contributed by atoms with Crippen LogP contribution in [0, 0.1) is 5.92 Å². The van der Waals surface area contributed by atoms with Gasteiger partial charge in [0.15, 0.2) is 0 Å². The second-order valence-electron chi connectivity index (χ2n) is 8.07.